The number of hydrogen-bond donors (Lipinski definition) is 2. The summed E-state index contributed by atoms with van der Waals surface area (Å²) < 4.78 is 16.2. The zero-order chi connectivity index (χ0) is 25.1. The van der Waals surface area contributed by atoms with Gasteiger partial charge in [0, 0.05) is 36.7 Å². The van der Waals surface area contributed by atoms with Crippen LogP contribution in [-0.4, -0.2) is 32.0 Å². The molecule has 1 amide bonds. The molecule has 3 heterocycles. The number of hydrogen-bond acceptors (Lipinski definition) is 3. The normalized spacial score (nSPS) is 17.2. The summed E-state index contributed by atoms with van der Waals surface area (Å²) in [6.07, 6.45) is 3.94. The molecule has 0 radical (unpaired) electrons. The molecule has 0 bridgehead atoms. The Labute approximate surface area is 214 Å². The molecular formula is C28H26FN5OS. The molecule has 8 heteroatoms. The van der Waals surface area contributed by atoms with Gasteiger partial charge in [0.1, 0.15) is 5.82 Å². The fourth-order valence-corrected chi connectivity index (χ4v) is 4.95. The number of carbonyl (C=O) groups excluding carboxylic acids is 1. The Bertz CT molecular complexity index is 1390. The average Bonchev–Trinajstić information content (AvgIpc) is 3.49. The van der Waals surface area contributed by atoms with Crippen LogP contribution in [0, 0.1) is 12.7 Å². The number of carbonyl (C=O) groups is 1. The summed E-state index contributed by atoms with van der Waals surface area (Å²) >= 11 is 5.74. The second-order valence-corrected chi connectivity index (χ2v) is 9.13. The van der Waals surface area contributed by atoms with Gasteiger partial charge in [0.15, 0.2) is 5.11 Å². The van der Waals surface area contributed by atoms with Crippen LogP contribution in [0.2, 0.25) is 0 Å². The molecule has 0 aliphatic carbocycles. The lowest BCUT2D eigenvalue weighted by Gasteiger charge is -2.29. The van der Waals surface area contributed by atoms with E-state index in [4.69, 9.17) is 12.2 Å². The molecule has 5 rings (SSSR count). The Morgan fingerprint density at radius 3 is 2.69 bits per heavy atom. The van der Waals surface area contributed by atoms with Crippen LogP contribution in [0.5, 0.6) is 0 Å². The molecule has 1 saturated heterocycles. The van der Waals surface area contributed by atoms with Crippen LogP contribution in [-0.2, 0) is 4.79 Å². The van der Waals surface area contributed by atoms with Crippen LogP contribution in [0.25, 0.3) is 5.69 Å². The quantitative estimate of drug-likeness (QED) is 0.337. The highest BCUT2D eigenvalue weighted by atomic mass is 32.1. The van der Waals surface area contributed by atoms with Gasteiger partial charge in [0.2, 0.25) is 5.91 Å². The standard InChI is InChI=1S/C28H26FN5OS/c1-19-8-6-9-20(18-19)33-16-7-13-24(33)27-26(23-12-4-5-15-30-23)32-28(36)34(27)17-14-25(35)31-22-11-3-2-10-21(22)29/h2-13,15-16,18,26-27H,14,17H2,1H3,(H,31,35)(H,32,36)/t26-,27-/m0/s1. The molecule has 1 fully saturated rings. The van der Waals surface area contributed by atoms with E-state index in [1.165, 1.54) is 6.07 Å². The number of rotatable bonds is 7. The van der Waals surface area contributed by atoms with Crippen molar-refractivity contribution in [1.29, 1.82) is 0 Å². The highest BCUT2D eigenvalue weighted by Gasteiger charge is 2.41. The molecule has 2 N–H and O–H groups in total. The minimum absolute atomic E-state index is 0.146. The molecule has 6 nitrogen and oxygen atoms in total. The summed E-state index contributed by atoms with van der Waals surface area (Å²) in [6, 6.07) is 23.9. The molecule has 4 aromatic rings. The van der Waals surface area contributed by atoms with Gasteiger partial charge in [-0.25, -0.2) is 4.39 Å². The number of halogens is 1. The van der Waals surface area contributed by atoms with Gasteiger partial charge in [-0.1, -0.05) is 30.3 Å². The molecular weight excluding hydrogens is 473 g/mol. The fourth-order valence-electron chi connectivity index (χ4n) is 4.61. The number of para-hydroxylation sites is 1. The van der Waals surface area contributed by atoms with E-state index in [1.54, 1.807) is 24.4 Å². The number of nitrogens with zero attached hydrogens (tertiary/aromatic N) is 3. The predicted molar refractivity (Wildman–Crippen MR) is 142 cm³/mol. The number of thiocarbonyl (C=S) groups is 1. The van der Waals surface area contributed by atoms with Crippen LogP contribution in [0.15, 0.2) is 91.3 Å². The molecule has 0 spiro atoms. The summed E-state index contributed by atoms with van der Waals surface area (Å²) in [4.78, 5) is 19.3. The van der Waals surface area contributed by atoms with E-state index in [9.17, 15) is 9.18 Å². The van der Waals surface area contributed by atoms with Crippen LogP contribution in [0.4, 0.5) is 10.1 Å². The maximum atomic E-state index is 14.0. The molecule has 2 atom stereocenters. The van der Waals surface area contributed by atoms with E-state index in [1.807, 2.05) is 41.4 Å². The zero-order valence-electron chi connectivity index (χ0n) is 19.8. The summed E-state index contributed by atoms with van der Waals surface area (Å²) in [5, 5.41) is 6.63. The van der Waals surface area contributed by atoms with Crippen molar-refractivity contribution in [2.24, 2.45) is 0 Å². The molecule has 0 saturated carbocycles. The smallest absolute Gasteiger partial charge is 0.226 e. The van der Waals surface area contributed by atoms with Crippen LogP contribution < -0.4 is 10.6 Å². The lowest BCUT2D eigenvalue weighted by atomic mass is 10.0. The van der Waals surface area contributed by atoms with E-state index in [-0.39, 0.29) is 30.1 Å². The highest BCUT2D eigenvalue weighted by molar-refractivity contribution is 7.80. The first-order chi connectivity index (χ1) is 17.5. The van der Waals surface area contributed by atoms with E-state index in [2.05, 4.69) is 51.4 Å². The SMILES string of the molecule is Cc1cccc(-n2cccc2[C@H]2[C@H](c3ccccn3)NC(=S)N2CCC(=O)Nc2ccccc2F)c1. The Morgan fingerprint density at radius 2 is 1.92 bits per heavy atom. The lowest BCUT2D eigenvalue weighted by Crippen LogP contribution is -2.33. The average molecular weight is 500 g/mol. The maximum absolute atomic E-state index is 14.0. The Balaban J connectivity index is 1.45. The Hall–Kier alpha value is -4.04. The lowest BCUT2D eigenvalue weighted by molar-refractivity contribution is -0.116. The summed E-state index contributed by atoms with van der Waals surface area (Å²) in [5.74, 6) is -0.745. The van der Waals surface area contributed by atoms with Gasteiger partial charge in [-0.3, -0.25) is 9.78 Å². The van der Waals surface area contributed by atoms with Crippen molar-refractivity contribution in [2.45, 2.75) is 25.4 Å². The zero-order valence-corrected chi connectivity index (χ0v) is 20.6. The van der Waals surface area contributed by atoms with Crippen molar-refractivity contribution >= 4 is 28.9 Å². The van der Waals surface area contributed by atoms with Crippen molar-refractivity contribution in [1.82, 2.24) is 19.8 Å². The molecule has 2 aromatic carbocycles. The number of amides is 1. The molecule has 1 aliphatic heterocycles. The van der Waals surface area contributed by atoms with E-state index in [0.29, 0.717) is 11.7 Å². The summed E-state index contributed by atoms with van der Waals surface area (Å²) in [5.41, 5.74) is 4.26. The first kappa shape index (κ1) is 23.7. The number of pyridine rings is 1. The summed E-state index contributed by atoms with van der Waals surface area (Å²) in [6.45, 7) is 2.43. The molecule has 1 aliphatic rings. The fraction of sp³-hybridized carbons (Fsp3) is 0.179. The van der Waals surface area contributed by atoms with Crippen LogP contribution >= 0.6 is 12.2 Å². The van der Waals surface area contributed by atoms with Crippen molar-refractivity contribution in [3.63, 3.8) is 0 Å². The maximum Gasteiger partial charge on any atom is 0.226 e. The van der Waals surface area contributed by atoms with Crippen molar-refractivity contribution in [3.8, 4) is 5.69 Å². The number of anilines is 1. The van der Waals surface area contributed by atoms with E-state index >= 15 is 0 Å². The van der Waals surface area contributed by atoms with E-state index in [0.717, 1.165) is 22.6 Å². The third kappa shape index (κ3) is 4.85. The monoisotopic (exact) mass is 499 g/mol. The van der Waals surface area contributed by atoms with Crippen LogP contribution in [0.1, 0.15) is 35.5 Å². The minimum atomic E-state index is -0.465. The van der Waals surface area contributed by atoms with Gasteiger partial charge in [0.25, 0.3) is 0 Å². The first-order valence-electron chi connectivity index (χ1n) is 11.8. The predicted octanol–water partition coefficient (Wildman–Crippen LogP) is 5.32. The molecule has 182 valence electrons. The third-order valence-corrected chi connectivity index (χ3v) is 6.64. The minimum Gasteiger partial charge on any atom is -0.352 e. The van der Waals surface area contributed by atoms with Gasteiger partial charge in [0.05, 0.1) is 23.5 Å². The molecule has 0 unspecified atom stereocenters. The number of nitrogens with one attached hydrogen (secondary N) is 2. The highest BCUT2D eigenvalue weighted by Crippen LogP contribution is 2.39. The van der Waals surface area contributed by atoms with E-state index < -0.39 is 5.82 Å². The van der Waals surface area contributed by atoms with Crippen molar-refractivity contribution < 1.29 is 9.18 Å². The number of aryl methyl sites for hydroxylation is 1. The largest absolute Gasteiger partial charge is 0.352 e. The topological polar surface area (TPSA) is 62.2 Å². The summed E-state index contributed by atoms with van der Waals surface area (Å²) in [7, 11) is 0. The van der Waals surface area contributed by atoms with Gasteiger partial charge >= 0.3 is 0 Å². The first-order valence-corrected chi connectivity index (χ1v) is 12.2. The van der Waals surface area contributed by atoms with Gasteiger partial charge < -0.3 is 20.1 Å². The van der Waals surface area contributed by atoms with Crippen molar-refractivity contribution in [2.75, 3.05) is 11.9 Å². The second-order valence-electron chi connectivity index (χ2n) is 8.74. The third-order valence-electron chi connectivity index (χ3n) is 6.29. The molecule has 36 heavy (non-hydrogen) atoms. The van der Waals surface area contributed by atoms with Gasteiger partial charge in [-0.05, 0) is 73.2 Å². The van der Waals surface area contributed by atoms with Gasteiger partial charge in [-0.2, -0.15) is 0 Å². The van der Waals surface area contributed by atoms with Gasteiger partial charge in [-0.15, -0.1) is 0 Å². The number of aromatic nitrogens is 2. The Morgan fingerprint density at radius 1 is 1.08 bits per heavy atom. The molecule has 2 aromatic heterocycles. The second kappa shape index (κ2) is 10.3. The number of benzene rings is 2. The van der Waals surface area contributed by atoms with Crippen LogP contribution in [0.3, 0.4) is 0 Å². The Kier molecular flexibility index (Phi) is 6.77. The van der Waals surface area contributed by atoms with Crippen molar-refractivity contribution in [3.05, 3.63) is 114 Å².